The Bertz CT molecular complexity index is 682. The van der Waals surface area contributed by atoms with Crippen molar-refractivity contribution < 1.29 is 31.4 Å². The van der Waals surface area contributed by atoms with Gasteiger partial charge in [-0.05, 0) is 38.3 Å². The van der Waals surface area contributed by atoms with Crippen molar-refractivity contribution in [1.82, 2.24) is 10.6 Å². The number of halogens is 5. The predicted octanol–water partition coefficient (Wildman–Crippen LogP) is 4.47. The molecule has 29 heavy (non-hydrogen) atoms. The number of nitrogens with zero attached hydrogens (tertiary/aromatic N) is 1. The topological polar surface area (TPSA) is 54.9 Å². The molecule has 2 rings (SSSR count). The first-order valence-corrected chi connectivity index (χ1v) is 9.46. The Kier molecular flexibility index (Phi) is 8.33. The van der Waals surface area contributed by atoms with Gasteiger partial charge in [0.1, 0.15) is 11.5 Å². The first-order chi connectivity index (χ1) is 13.7. The lowest BCUT2D eigenvalue weighted by atomic mass is 9.85. The highest BCUT2D eigenvalue weighted by molar-refractivity contribution is 5.80. The average Bonchev–Trinajstić information content (AvgIpc) is 2.66. The Hall–Kier alpha value is -2.26. The van der Waals surface area contributed by atoms with Gasteiger partial charge in [0, 0.05) is 24.2 Å². The second kappa shape index (κ2) is 10.5. The molecule has 0 amide bonds. The maximum absolute atomic E-state index is 13.0. The molecule has 2 N–H and O–H groups in total. The molecule has 1 aliphatic carbocycles. The molecule has 164 valence electrons. The zero-order valence-electron chi connectivity index (χ0n) is 16.4. The van der Waals surface area contributed by atoms with E-state index in [2.05, 4.69) is 20.4 Å². The van der Waals surface area contributed by atoms with Crippen LogP contribution in [-0.2, 0) is 6.54 Å². The fourth-order valence-electron chi connectivity index (χ4n) is 3.29. The standard InChI is InChI=1S/C19H26F5N3O2/c1-3-25-18(27-14-6-4-5-13(9-14)19(22,23)24)26-11-12-7-8-15(28-2)10-16(12)29-17(20)21/h7-8,10,13-14,17H,3-6,9,11H2,1-2H3,(H2,25,26,27). The van der Waals surface area contributed by atoms with E-state index in [1.54, 1.807) is 12.1 Å². The van der Waals surface area contributed by atoms with Crippen LogP contribution in [-0.4, -0.2) is 38.4 Å². The molecular formula is C19H26F5N3O2. The van der Waals surface area contributed by atoms with Crippen molar-refractivity contribution in [3.8, 4) is 11.5 Å². The highest BCUT2D eigenvalue weighted by Gasteiger charge is 2.42. The summed E-state index contributed by atoms with van der Waals surface area (Å²) in [4.78, 5) is 4.34. The number of rotatable bonds is 7. The first-order valence-electron chi connectivity index (χ1n) is 9.46. The Labute approximate surface area is 166 Å². The van der Waals surface area contributed by atoms with Gasteiger partial charge in [0.05, 0.1) is 19.6 Å². The number of ether oxygens (including phenoxy) is 2. The molecule has 5 nitrogen and oxygen atoms in total. The Morgan fingerprint density at radius 2 is 2.03 bits per heavy atom. The van der Waals surface area contributed by atoms with Gasteiger partial charge in [-0.2, -0.15) is 22.0 Å². The van der Waals surface area contributed by atoms with E-state index in [1.165, 1.54) is 13.2 Å². The lowest BCUT2D eigenvalue weighted by molar-refractivity contribution is -0.183. The van der Waals surface area contributed by atoms with E-state index in [9.17, 15) is 22.0 Å². The zero-order chi connectivity index (χ0) is 21.4. The SMILES string of the molecule is CCNC(=NCc1ccc(OC)cc1OC(F)F)NC1CCCC(C(F)(F)F)C1. The number of hydrogen-bond acceptors (Lipinski definition) is 3. The third-order valence-corrected chi connectivity index (χ3v) is 4.72. The van der Waals surface area contributed by atoms with Gasteiger partial charge in [0.25, 0.3) is 0 Å². The summed E-state index contributed by atoms with van der Waals surface area (Å²) in [5.41, 5.74) is 0.403. The normalized spacial score (nSPS) is 20.5. The van der Waals surface area contributed by atoms with Crippen LogP contribution in [0.15, 0.2) is 23.2 Å². The summed E-state index contributed by atoms with van der Waals surface area (Å²) in [5, 5.41) is 6.02. The lowest BCUT2D eigenvalue weighted by Crippen LogP contribution is -2.46. The molecule has 2 unspecified atom stereocenters. The van der Waals surface area contributed by atoms with Crippen molar-refractivity contribution in [2.45, 2.75) is 58.0 Å². The van der Waals surface area contributed by atoms with Gasteiger partial charge in [0.15, 0.2) is 5.96 Å². The lowest BCUT2D eigenvalue weighted by Gasteiger charge is -2.32. The molecule has 1 saturated carbocycles. The van der Waals surface area contributed by atoms with E-state index in [1.807, 2.05) is 6.92 Å². The smallest absolute Gasteiger partial charge is 0.391 e. The largest absolute Gasteiger partial charge is 0.497 e. The van der Waals surface area contributed by atoms with Crippen LogP contribution in [0, 0.1) is 5.92 Å². The van der Waals surface area contributed by atoms with Gasteiger partial charge in [-0.25, -0.2) is 4.99 Å². The Morgan fingerprint density at radius 1 is 1.28 bits per heavy atom. The van der Waals surface area contributed by atoms with Crippen LogP contribution >= 0.6 is 0 Å². The molecule has 2 atom stereocenters. The number of methoxy groups -OCH3 is 1. The van der Waals surface area contributed by atoms with Crippen LogP contribution in [0.4, 0.5) is 22.0 Å². The Morgan fingerprint density at radius 3 is 2.66 bits per heavy atom. The van der Waals surface area contributed by atoms with Gasteiger partial charge in [-0.15, -0.1) is 0 Å². The third-order valence-electron chi connectivity index (χ3n) is 4.72. The molecule has 0 aliphatic heterocycles. The molecule has 1 aliphatic rings. The number of hydrogen-bond donors (Lipinski definition) is 2. The zero-order valence-corrected chi connectivity index (χ0v) is 16.4. The fraction of sp³-hybridized carbons (Fsp3) is 0.632. The molecule has 1 aromatic rings. The molecule has 0 spiro atoms. The fourth-order valence-corrected chi connectivity index (χ4v) is 3.29. The van der Waals surface area contributed by atoms with Gasteiger partial charge < -0.3 is 20.1 Å². The van der Waals surface area contributed by atoms with Crippen LogP contribution in [0.25, 0.3) is 0 Å². The molecule has 0 bridgehead atoms. The van der Waals surface area contributed by atoms with Crippen LogP contribution in [0.5, 0.6) is 11.5 Å². The number of benzene rings is 1. The highest BCUT2D eigenvalue weighted by Crippen LogP contribution is 2.37. The van der Waals surface area contributed by atoms with Gasteiger partial charge in [-0.3, -0.25) is 0 Å². The summed E-state index contributed by atoms with van der Waals surface area (Å²) in [6, 6.07) is 4.13. The summed E-state index contributed by atoms with van der Waals surface area (Å²) in [7, 11) is 1.41. The summed E-state index contributed by atoms with van der Waals surface area (Å²) < 4.78 is 74.0. The van der Waals surface area contributed by atoms with E-state index in [0.29, 0.717) is 36.7 Å². The average molecular weight is 423 g/mol. The molecule has 10 heteroatoms. The van der Waals surface area contributed by atoms with Crippen LogP contribution in [0.1, 0.15) is 38.2 Å². The van der Waals surface area contributed by atoms with Gasteiger partial charge >= 0.3 is 12.8 Å². The van der Waals surface area contributed by atoms with E-state index >= 15 is 0 Å². The van der Waals surface area contributed by atoms with E-state index in [0.717, 1.165) is 0 Å². The third kappa shape index (κ3) is 7.25. The summed E-state index contributed by atoms with van der Waals surface area (Å²) >= 11 is 0. The predicted molar refractivity (Wildman–Crippen MR) is 99.4 cm³/mol. The van der Waals surface area contributed by atoms with Crippen molar-refractivity contribution >= 4 is 5.96 Å². The molecular weight excluding hydrogens is 397 g/mol. The van der Waals surface area contributed by atoms with Gasteiger partial charge in [-0.1, -0.05) is 6.42 Å². The number of guanidine groups is 1. The van der Waals surface area contributed by atoms with Crippen molar-refractivity contribution in [3.63, 3.8) is 0 Å². The molecule has 0 aromatic heterocycles. The first kappa shape index (κ1) is 23.0. The van der Waals surface area contributed by atoms with Crippen molar-refractivity contribution in [2.75, 3.05) is 13.7 Å². The molecule has 0 heterocycles. The molecule has 1 aromatic carbocycles. The number of aliphatic imine (C=N–C) groups is 1. The molecule has 0 radical (unpaired) electrons. The maximum atomic E-state index is 13.0. The quantitative estimate of drug-likeness (QED) is 0.386. The monoisotopic (exact) mass is 423 g/mol. The van der Waals surface area contributed by atoms with Crippen molar-refractivity contribution in [3.05, 3.63) is 23.8 Å². The van der Waals surface area contributed by atoms with Crippen molar-refractivity contribution in [1.29, 1.82) is 0 Å². The summed E-state index contributed by atoms with van der Waals surface area (Å²) in [6.07, 6.45) is -3.00. The minimum atomic E-state index is -4.21. The maximum Gasteiger partial charge on any atom is 0.391 e. The second-order valence-electron chi connectivity index (χ2n) is 6.79. The summed E-state index contributed by atoms with van der Waals surface area (Å²) in [6.45, 7) is -0.658. The van der Waals surface area contributed by atoms with Crippen molar-refractivity contribution in [2.24, 2.45) is 10.9 Å². The molecule has 0 saturated heterocycles. The molecule has 1 fully saturated rings. The van der Waals surface area contributed by atoms with Gasteiger partial charge in [0.2, 0.25) is 0 Å². The second-order valence-corrected chi connectivity index (χ2v) is 6.79. The minimum Gasteiger partial charge on any atom is -0.497 e. The summed E-state index contributed by atoms with van der Waals surface area (Å²) in [5.74, 6) is -0.698. The van der Waals surface area contributed by atoms with E-state index in [4.69, 9.17) is 4.74 Å². The number of alkyl halides is 5. The van der Waals surface area contributed by atoms with Crippen LogP contribution < -0.4 is 20.1 Å². The van der Waals surface area contributed by atoms with E-state index in [-0.39, 0.29) is 31.2 Å². The van der Waals surface area contributed by atoms with E-state index < -0.39 is 18.7 Å². The Balaban J connectivity index is 2.11. The highest BCUT2D eigenvalue weighted by atomic mass is 19.4. The number of nitrogens with one attached hydrogen (secondary N) is 2. The van der Waals surface area contributed by atoms with Crippen LogP contribution in [0.2, 0.25) is 0 Å². The van der Waals surface area contributed by atoms with Crippen LogP contribution in [0.3, 0.4) is 0 Å². The minimum absolute atomic E-state index is 0.0107.